The molecule has 1 rings (SSSR count). The van der Waals surface area contributed by atoms with Crippen LogP contribution >= 0.6 is 15.9 Å². The molecule has 0 saturated carbocycles. The molecule has 18 heavy (non-hydrogen) atoms. The van der Waals surface area contributed by atoms with Gasteiger partial charge in [-0.1, -0.05) is 6.07 Å². The Bertz CT molecular complexity index is 492. The monoisotopic (exact) mass is 331 g/mol. The molecule has 0 bridgehead atoms. The van der Waals surface area contributed by atoms with Crippen molar-refractivity contribution in [3.63, 3.8) is 0 Å². The summed E-state index contributed by atoms with van der Waals surface area (Å²) in [6.45, 7) is 7.57. The van der Waals surface area contributed by atoms with E-state index >= 15 is 0 Å². The number of methoxy groups -OCH3 is 1. The van der Waals surface area contributed by atoms with Crippen LogP contribution < -0.4 is 4.74 Å². The zero-order valence-electron chi connectivity index (χ0n) is 11.3. The van der Waals surface area contributed by atoms with Gasteiger partial charge in [-0.15, -0.1) is 0 Å². The van der Waals surface area contributed by atoms with E-state index in [1.807, 2.05) is 45.9 Å². The minimum absolute atomic E-state index is 0.347. The van der Waals surface area contributed by atoms with Crippen LogP contribution in [0.1, 0.15) is 33.3 Å². The number of nitrogens with zero attached hydrogens (tertiary/aromatic N) is 1. The molecule has 1 aromatic rings. The molecular formula is C13H18BrNO2S. The van der Waals surface area contributed by atoms with Crippen LogP contribution in [0.25, 0.3) is 0 Å². The zero-order valence-corrected chi connectivity index (χ0v) is 13.7. The molecule has 0 aliphatic rings. The van der Waals surface area contributed by atoms with Gasteiger partial charge >= 0.3 is 0 Å². The van der Waals surface area contributed by atoms with Crippen LogP contribution in [0.4, 0.5) is 0 Å². The predicted octanol–water partition coefficient (Wildman–Crippen LogP) is 3.73. The molecule has 0 heterocycles. The Kier molecular flexibility index (Phi) is 5.10. The van der Waals surface area contributed by atoms with Crippen molar-refractivity contribution in [2.75, 3.05) is 7.11 Å². The molecule has 0 amide bonds. The van der Waals surface area contributed by atoms with Gasteiger partial charge in [-0.05, 0) is 55.8 Å². The average Bonchev–Trinajstić information content (AvgIpc) is 2.28. The third-order valence-corrected chi connectivity index (χ3v) is 4.46. The van der Waals surface area contributed by atoms with Crippen LogP contribution in [0.5, 0.6) is 5.75 Å². The molecule has 1 atom stereocenters. The summed E-state index contributed by atoms with van der Waals surface area (Å²) in [4.78, 5) is 0. The van der Waals surface area contributed by atoms with Crippen molar-refractivity contribution in [2.24, 2.45) is 4.40 Å². The Morgan fingerprint density at radius 2 is 2.00 bits per heavy atom. The summed E-state index contributed by atoms with van der Waals surface area (Å²) >= 11 is 3.40. The minimum atomic E-state index is -1.25. The van der Waals surface area contributed by atoms with Crippen molar-refractivity contribution in [2.45, 2.75) is 32.4 Å². The normalized spacial score (nSPS) is 14.4. The number of ether oxygens (including phenoxy) is 1. The molecule has 1 unspecified atom stereocenters. The summed E-state index contributed by atoms with van der Waals surface area (Å²) in [6, 6.07) is 5.70. The Hall–Kier alpha value is -0.680. The van der Waals surface area contributed by atoms with Crippen molar-refractivity contribution >= 4 is 32.6 Å². The lowest BCUT2D eigenvalue weighted by molar-refractivity contribution is 0.412. The van der Waals surface area contributed by atoms with Crippen LogP contribution in [-0.2, 0) is 11.0 Å². The minimum Gasteiger partial charge on any atom is -0.496 e. The van der Waals surface area contributed by atoms with Crippen molar-refractivity contribution in [3.8, 4) is 5.75 Å². The molecule has 0 fully saturated rings. The molecular weight excluding hydrogens is 314 g/mol. The van der Waals surface area contributed by atoms with E-state index in [1.165, 1.54) is 0 Å². The Labute approximate surface area is 119 Å². The second kappa shape index (κ2) is 5.97. The number of benzene rings is 1. The molecule has 3 nitrogen and oxygen atoms in total. The highest BCUT2D eigenvalue weighted by Crippen LogP contribution is 2.26. The standard InChI is InChI=1S/C13H18BrNO2S/c1-9(15-18(16)13(2,3)4)10-6-7-11(14)12(8-10)17-5/h6-8H,1-5H3. The molecule has 0 saturated heterocycles. The van der Waals surface area contributed by atoms with Gasteiger partial charge in [-0.2, -0.15) is 4.40 Å². The molecule has 100 valence electrons. The van der Waals surface area contributed by atoms with E-state index in [4.69, 9.17) is 4.74 Å². The summed E-state index contributed by atoms with van der Waals surface area (Å²) in [6.07, 6.45) is 0. The molecule has 0 spiro atoms. The summed E-state index contributed by atoms with van der Waals surface area (Å²) in [5.41, 5.74) is 1.65. The van der Waals surface area contributed by atoms with Gasteiger partial charge in [-0.25, -0.2) is 4.21 Å². The van der Waals surface area contributed by atoms with Crippen molar-refractivity contribution in [1.29, 1.82) is 0 Å². The second-order valence-corrected chi connectivity index (χ2v) is 7.65. The maximum Gasteiger partial charge on any atom is 0.145 e. The molecule has 5 heteroatoms. The number of hydrogen-bond acceptors (Lipinski definition) is 2. The van der Waals surface area contributed by atoms with Gasteiger partial charge in [0.25, 0.3) is 0 Å². The Morgan fingerprint density at radius 3 is 2.50 bits per heavy atom. The maximum absolute atomic E-state index is 12.0. The fourth-order valence-electron chi connectivity index (χ4n) is 1.20. The van der Waals surface area contributed by atoms with Crippen molar-refractivity contribution in [3.05, 3.63) is 28.2 Å². The summed E-state index contributed by atoms with van der Waals surface area (Å²) in [5.74, 6) is 0.739. The van der Waals surface area contributed by atoms with Gasteiger partial charge in [-0.3, -0.25) is 0 Å². The summed E-state index contributed by atoms with van der Waals surface area (Å²) in [5, 5.41) is 0. The van der Waals surface area contributed by atoms with E-state index in [-0.39, 0.29) is 4.75 Å². The lowest BCUT2D eigenvalue weighted by Gasteiger charge is -2.14. The van der Waals surface area contributed by atoms with Crippen molar-refractivity contribution in [1.82, 2.24) is 0 Å². The summed E-state index contributed by atoms with van der Waals surface area (Å²) < 4.78 is 22.0. The van der Waals surface area contributed by atoms with Crippen LogP contribution in [0.2, 0.25) is 0 Å². The fourth-order valence-corrected chi connectivity index (χ4v) is 2.24. The highest BCUT2D eigenvalue weighted by atomic mass is 79.9. The van der Waals surface area contributed by atoms with E-state index in [0.717, 1.165) is 21.5 Å². The Balaban J connectivity index is 3.08. The van der Waals surface area contributed by atoms with E-state index in [1.54, 1.807) is 7.11 Å². The lowest BCUT2D eigenvalue weighted by atomic mass is 10.1. The summed E-state index contributed by atoms with van der Waals surface area (Å²) in [7, 11) is 0.368. The smallest absolute Gasteiger partial charge is 0.145 e. The maximum atomic E-state index is 12.0. The van der Waals surface area contributed by atoms with Gasteiger partial charge in [0.1, 0.15) is 16.7 Å². The first-order chi connectivity index (χ1) is 8.25. The zero-order chi connectivity index (χ0) is 13.9. The average molecular weight is 332 g/mol. The topological polar surface area (TPSA) is 38.7 Å². The quantitative estimate of drug-likeness (QED) is 0.791. The van der Waals surface area contributed by atoms with Crippen LogP contribution in [0, 0.1) is 0 Å². The van der Waals surface area contributed by atoms with Gasteiger partial charge < -0.3 is 4.74 Å². The van der Waals surface area contributed by atoms with Gasteiger partial charge in [0.05, 0.1) is 22.0 Å². The van der Waals surface area contributed by atoms with E-state index in [0.29, 0.717) is 0 Å². The number of rotatable bonds is 3. The van der Waals surface area contributed by atoms with Gasteiger partial charge in [0.2, 0.25) is 0 Å². The van der Waals surface area contributed by atoms with Gasteiger partial charge in [0, 0.05) is 5.56 Å². The number of halogens is 1. The second-order valence-electron chi connectivity index (χ2n) is 4.89. The third-order valence-electron chi connectivity index (χ3n) is 2.31. The van der Waals surface area contributed by atoms with E-state index in [2.05, 4.69) is 20.3 Å². The highest BCUT2D eigenvalue weighted by Gasteiger charge is 2.19. The highest BCUT2D eigenvalue weighted by molar-refractivity contribution is 9.10. The third kappa shape index (κ3) is 3.92. The molecule has 0 aliphatic carbocycles. The van der Waals surface area contributed by atoms with E-state index in [9.17, 15) is 4.21 Å². The molecule has 0 aromatic heterocycles. The fraction of sp³-hybridized carbons (Fsp3) is 0.462. The first-order valence-corrected chi connectivity index (χ1v) is 7.47. The molecule has 0 N–H and O–H groups in total. The molecule has 0 radical (unpaired) electrons. The predicted molar refractivity (Wildman–Crippen MR) is 80.8 cm³/mol. The number of hydrogen-bond donors (Lipinski definition) is 0. The van der Waals surface area contributed by atoms with Crippen LogP contribution in [0.15, 0.2) is 27.1 Å². The van der Waals surface area contributed by atoms with E-state index < -0.39 is 11.0 Å². The molecule has 0 aliphatic heterocycles. The lowest BCUT2D eigenvalue weighted by Crippen LogP contribution is -2.20. The molecule has 1 aromatic carbocycles. The van der Waals surface area contributed by atoms with Crippen LogP contribution in [0.3, 0.4) is 0 Å². The van der Waals surface area contributed by atoms with Crippen molar-refractivity contribution < 1.29 is 8.95 Å². The van der Waals surface area contributed by atoms with Crippen LogP contribution in [-0.4, -0.2) is 21.8 Å². The largest absolute Gasteiger partial charge is 0.496 e. The van der Waals surface area contributed by atoms with Gasteiger partial charge in [0.15, 0.2) is 0 Å². The first-order valence-electron chi connectivity index (χ1n) is 5.57. The SMILES string of the molecule is COc1cc(C(C)=NS(=O)C(C)(C)C)ccc1Br. The Morgan fingerprint density at radius 1 is 1.39 bits per heavy atom. The first kappa shape index (κ1) is 15.4.